The van der Waals surface area contributed by atoms with Crippen molar-refractivity contribution < 1.29 is 8.42 Å². The summed E-state index contributed by atoms with van der Waals surface area (Å²) in [6, 6.07) is 6.97. The fourth-order valence-corrected chi connectivity index (χ4v) is 3.30. The van der Waals surface area contributed by atoms with Crippen molar-refractivity contribution in [2.75, 3.05) is 17.3 Å². The van der Waals surface area contributed by atoms with E-state index in [-0.39, 0.29) is 0 Å². The second kappa shape index (κ2) is 6.39. The minimum Gasteiger partial charge on any atom is -0.331 e. The summed E-state index contributed by atoms with van der Waals surface area (Å²) >= 11 is 5.63. The standard InChI is InChI=1S/C13H17ClN2O2S/c14-9-5-1-2-6-10-16-11-15-19(17,18)13-8-4-3-7-12(13)16/h3-4,7-8,11H,1-2,5-6,9-10H2. The summed E-state index contributed by atoms with van der Waals surface area (Å²) in [5.41, 5.74) is 0.717. The second-order valence-electron chi connectivity index (χ2n) is 4.46. The Bertz CT molecular complexity index is 558. The lowest BCUT2D eigenvalue weighted by molar-refractivity contribution is 0.596. The fraction of sp³-hybridized carbons (Fsp3) is 0.462. The highest BCUT2D eigenvalue weighted by Gasteiger charge is 2.24. The Morgan fingerprint density at radius 3 is 2.63 bits per heavy atom. The molecule has 0 bridgehead atoms. The van der Waals surface area contributed by atoms with Crippen LogP contribution < -0.4 is 4.90 Å². The molecule has 2 rings (SSSR count). The molecule has 19 heavy (non-hydrogen) atoms. The number of alkyl halides is 1. The summed E-state index contributed by atoms with van der Waals surface area (Å²) in [6.07, 6.45) is 5.64. The highest BCUT2D eigenvalue weighted by atomic mass is 35.5. The predicted octanol–water partition coefficient (Wildman–Crippen LogP) is 3.02. The van der Waals surface area contributed by atoms with Gasteiger partial charge in [-0.05, 0) is 25.0 Å². The number of hydrogen-bond acceptors (Lipinski definition) is 3. The Morgan fingerprint density at radius 1 is 1.11 bits per heavy atom. The number of hydrogen-bond donors (Lipinski definition) is 0. The number of unbranched alkanes of at least 4 members (excludes halogenated alkanes) is 3. The van der Waals surface area contributed by atoms with Gasteiger partial charge in [-0.3, -0.25) is 0 Å². The predicted molar refractivity (Wildman–Crippen MR) is 78.7 cm³/mol. The summed E-state index contributed by atoms with van der Waals surface area (Å²) in [5.74, 6) is 0.701. The summed E-state index contributed by atoms with van der Waals surface area (Å²) in [6.45, 7) is 0.776. The lowest BCUT2D eigenvalue weighted by Gasteiger charge is -2.24. The molecule has 0 amide bonds. The quantitative estimate of drug-likeness (QED) is 0.599. The number of para-hydroxylation sites is 1. The monoisotopic (exact) mass is 300 g/mol. The van der Waals surface area contributed by atoms with Crippen LogP contribution in [0.2, 0.25) is 0 Å². The third kappa shape index (κ3) is 3.48. The highest BCUT2D eigenvalue weighted by molar-refractivity contribution is 7.90. The van der Waals surface area contributed by atoms with E-state index in [9.17, 15) is 8.42 Å². The van der Waals surface area contributed by atoms with Crippen molar-refractivity contribution in [3.63, 3.8) is 0 Å². The molecule has 0 atom stereocenters. The van der Waals surface area contributed by atoms with Gasteiger partial charge in [0.25, 0.3) is 10.0 Å². The Labute approximate surface area is 119 Å². The van der Waals surface area contributed by atoms with Crippen LogP contribution in [0.1, 0.15) is 25.7 Å². The summed E-state index contributed by atoms with van der Waals surface area (Å²) in [4.78, 5) is 2.19. The van der Waals surface area contributed by atoms with E-state index in [1.165, 1.54) is 6.34 Å². The van der Waals surface area contributed by atoms with Gasteiger partial charge >= 0.3 is 0 Å². The lowest BCUT2D eigenvalue weighted by Crippen LogP contribution is -2.28. The first kappa shape index (κ1) is 14.3. The first-order chi connectivity index (χ1) is 9.15. The van der Waals surface area contributed by atoms with Gasteiger partial charge in [-0.25, -0.2) is 0 Å². The fourth-order valence-electron chi connectivity index (χ4n) is 2.06. The van der Waals surface area contributed by atoms with Crippen LogP contribution >= 0.6 is 11.6 Å². The largest absolute Gasteiger partial charge is 0.331 e. The van der Waals surface area contributed by atoms with Crippen molar-refractivity contribution in [1.82, 2.24) is 0 Å². The number of benzene rings is 1. The van der Waals surface area contributed by atoms with E-state index in [0.29, 0.717) is 10.8 Å². The third-order valence-corrected chi connectivity index (χ3v) is 4.60. The first-order valence-electron chi connectivity index (χ1n) is 6.37. The number of rotatable bonds is 6. The molecule has 0 saturated heterocycles. The molecule has 1 aromatic rings. The van der Waals surface area contributed by atoms with Gasteiger partial charge in [0.2, 0.25) is 0 Å². The topological polar surface area (TPSA) is 49.7 Å². The van der Waals surface area contributed by atoms with Crippen molar-refractivity contribution in [2.45, 2.75) is 30.6 Å². The van der Waals surface area contributed by atoms with Crippen LogP contribution in [0.15, 0.2) is 33.6 Å². The Morgan fingerprint density at radius 2 is 1.84 bits per heavy atom. The average Bonchev–Trinajstić information content (AvgIpc) is 2.41. The molecule has 0 aliphatic carbocycles. The van der Waals surface area contributed by atoms with Crippen LogP contribution in [0.3, 0.4) is 0 Å². The summed E-state index contributed by atoms with van der Waals surface area (Å²) in [5, 5.41) is 0. The second-order valence-corrected chi connectivity index (χ2v) is 6.44. The van der Waals surface area contributed by atoms with E-state index in [2.05, 4.69) is 4.40 Å². The van der Waals surface area contributed by atoms with Crippen molar-refractivity contribution in [3.05, 3.63) is 24.3 Å². The zero-order chi connectivity index (χ0) is 13.7. The molecule has 0 N–H and O–H groups in total. The van der Waals surface area contributed by atoms with Crippen molar-refractivity contribution in [1.29, 1.82) is 0 Å². The van der Waals surface area contributed by atoms with E-state index in [1.54, 1.807) is 12.1 Å². The molecule has 1 aliphatic heterocycles. The van der Waals surface area contributed by atoms with Crippen LogP contribution in [-0.4, -0.2) is 27.2 Å². The molecule has 0 spiro atoms. The number of anilines is 1. The normalized spacial score (nSPS) is 16.4. The van der Waals surface area contributed by atoms with Crippen LogP contribution in [0.5, 0.6) is 0 Å². The van der Waals surface area contributed by atoms with Crippen LogP contribution in [0.4, 0.5) is 5.69 Å². The van der Waals surface area contributed by atoms with Gasteiger partial charge in [0, 0.05) is 12.4 Å². The van der Waals surface area contributed by atoms with E-state index in [1.807, 2.05) is 17.0 Å². The summed E-state index contributed by atoms with van der Waals surface area (Å²) < 4.78 is 27.2. The molecule has 104 valence electrons. The van der Waals surface area contributed by atoms with Crippen LogP contribution in [0.25, 0.3) is 0 Å². The van der Waals surface area contributed by atoms with Crippen LogP contribution in [-0.2, 0) is 10.0 Å². The van der Waals surface area contributed by atoms with Gasteiger partial charge in [-0.2, -0.15) is 8.42 Å². The smallest absolute Gasteiger partial charge is 0.285 e. The van der Waals surface area contributed by atoms with Gasteiger partial charge in [-0.15, -0.1) is 16.0 Å². The van der Waals surface area contributed by atoms with Crippen molar-refractivity contribution in [3.8, 4) is 0 Å². The maximum absolute atomic E-state index is 11.8. The Balaban J connectivity index is 2.04. The van der Waals surface area contributed by atoms with Gasteiger partial charge < -0.3 is 4.90 Å². The Kier molecular flexibility index (Phi) is 4.82. The van der Waals surface area contributed by atoms with Gasteiger partial charge in [0.15, 0.2) is 0 Å². The number of halogens is 1. The van der Waals surface area contributed by atoms with Gasteiger partial charge in [-0.1, -0.05) is 25.0 Å². The molecule has 1 aromatic carbocycles. The maximum atomic E-state index is 11.8. The first-order valence-corrected chi connectivity index (χ1v) is 8.35. The van der Waals surface area contributed by atoms with Gasteiger partial charge in [0.05, 0.1) is 5.69 Å². The number of fused-ring (bicyclic) bond motifs is 1. The number of nitrogens with zero attached hydrogens (tertiary/aromatic N) is 2. The minimum absolute atomic E-state index is 0.290. The molecular weight excluding hydrogens is 284 g/mol. The van der Waals surface area contributed by atoms with E-state index in [4.69, 9.17) is 11.6 Å². The van der Waals surface area contributed by atoms with Crippen molar-refractivity contribution in [2.24, 2.45) is 4.40 Å². The van der Waals surface area contributed by atoms with Crippen LogP contribution in [0, 0.1) is 0 Å². The number of sulfonamides is 1. The Hall–Kier alpha value is -1.07. The lowest BCUT2D eigenvalue weighted by atomic mass is 10.2. The molecule has 4 nitrogen and oxygen atoms in total. The molecule has 1 heterocycles. The SMILES string of the molecule is O=S1(=O)N=CN(CCCCCCCl)c2ccccc21. The van der Waals surface area contributed by atoms with E-state index in [0.717, 1.165) is 37.9 Å². The molecule has 0 radical (unpaired) electrons. The molecule has 0 saturated carbocycles. The molecule has 0 unspecified atom stereocenters. The zero-order valence-electron chi connectivity index (χ0n) is 10.6. The maximum Gasteiger partial charge on any atom is 0.285 e. The molecule has 0 fully saturated rings. The zero-order valence-corrected chi connectivity index (χ0v) is 12.2. The molecular formula is C13H17ClN2O2S. The van der Waals surface area contributed by atoms with E-state index >= 15 is 0 Å². The van der Waals surface area contributed by atoms with E-state index < -0.39 is 10.0 Å². The molecule has 0 aromatic heterocycles. The summed E-state index contributed by atoms with van der Waals surface area (Å²) in [7, 11) is -3.50. The highest BCUT2D eigenvalue weighted by Crippen LogP contribution is 2.29. The van der Waals surface area contributed by atoms with Gasteiger partial charge in [0.1, 0.15) is 11.2 Å². The minimum atomic E-state index is -3.50. The average molecular weight is 301 g/mol. The van der Waals surface area contributed by atoms with Crippen molar-refractivity contribution >= 4 is 33.7 Å². The third-order valence-electron chi connectivity index (χ3n) is 3.06. The molecule has 6 heteroatoms. The molecule has 1 aliphatic rings.